The number of aliphatic imine (C=N–C) groups is 1. The standard InChI is InChI=1S/C22H39N7O/c1-5-7-9-18(6-2)16-25-21(26-17-20(30)28(3)4)27-19-10-14-29(15-11-19)22-23-12-8-13-24-22/h8,12-13,18-19H,5-7,9-11,14-17H2,1-4H3,(H2,25,26,27). The minimum atomic E-state index is 0.00479. The van der Waals surface area contributed by atoms with E-state index in [4.69, 9.17) is 0 Å². The van der Waals surface area contributed by atoms with E-state index in [-0.39, 0.29) is 12.5 Å². The second-order valence-electron chi connectivity index (χ2n) is 8.20. The van der Waals surface area contributed by atoms with Crippen LogP contribution in [0.5, 0.6) is 0 Å². The molecule has 1 atom stereocenters. The average molecular weight is 418 g/mol. The van der Waals surface area contributed by atoms with Gasteiger partial charge in [0.1, 0.15) is 6.54 Å². The van der Waals surface area contributed by atoms with E-state index in [9.17, 15) is 4.79 Å². The Bertz CT molecular complexity index is 642. The minimum absolute atomic E-state index is 0.00479. The van der Waals surface area contributed by atoms with Gasteiger partial charge in [-0.25, -0.2) is 15.0 Å². The van der Waals surface area contributed by atoms with Gasteiger partial charge >= 0.3 is 0 Å². The molecule has 1 aromatic heterocycles. The maximum Gasteiger partial charge on any atom is 0.243 e. The van der Waals surface area contributed by atoms with Gasteiger partial charge in [0.15, 0.2) is 5.96 Å². The van der Waals surface area contributed by atoms with Crippen LogP contribution in [0.3, 0.4) is 0 Å². The van der Waals surface area contributed by atoms with E-state index in [2.05, 4.69) is 44.3 Å². The Labute approximate surface area is 181 Å². The van der Waals surface area contributed by atoms with Crippen LogP contribution in [0.15, 0.2) is 23.5 Å². The smallest absolute Gasteiger partial charge is 0.243 e. The number of guanidine groups is 1. The molecule has 2 heterocycles. The Kier molecular flexibility index (Phi) is 10.4. The minimum Gasteiger partial charge on any atom is -0.356 e. The molecule has 1 aromatic rings. The van der Waals surface area contributed by atoms with Gasteiger partial charge in [-0.1, -0.05) is 33.1 Å². The van der Waals surface area contributed by atoms with Gasteiger partial charge in [0.05, 0.1) is 0 Å². The second kappa shape index (κ2) is 13.0. The zero-order chi connectivity index (χ0) is 21.8. The number of carbonyl (C=O) groups is 1. The number of hydrogen-bond donors (Lipinski definition) is 2. The summed E-state index contributed by atoms with van der Waals surface area (Å²) in [6, 6.07) is 2.16. The molecule has 1 amide bonds. The molecular formula is C22H39N7O. The molecule has 0 radical (unpaired) electrons. The van der Waals surface area contributed by atoms with Gasteiger partial charge in [0.25, 0.3) is 0 Å². The van der Waals surface area contributed by atoms with E-state index in [1.807, 2.05) is 6.07 Å². The Hall–Kier alpha value is -2.38. The number of carbonyl (C=O) groups excluding carboxylic acids is 1. The van der Waals surface area contributed by atoms with Crippen molar-refractivity contribution < 1.29 is 4.79 Å². The van der Waals surface area contributed by atoms with Gasteiger partial charge in [-0.15, -0.1) is 0 Å². The molecule has 0 aliphatic carbocycles. The van der Waals surface area contributed by atoms with Gasteiger partial charge in [0.2, 0.25) is 11.9 Å². The maximum absolute atomic E-state index is 12.0. The molecule has 8 heteroatoms. The summed E-state index contributed by atoms with van der Waals surface area (Å²) in [5.74, 6) is 2.17. The average Bonchev–Trinajstić information content (AvgIpc) is 2.78. The third-order valence-corrected chi connectivity index (χ3v) is 5.64. The summed E-state index contributed by atoms with van der Waals surface area (Å²) in [5.41, 5.74) is 0. The Morgan fingerprint density at radius 1 is 1.27 bits per heavy atom. The van der Waals surface area contributed by atoms with Crippen molar-refractivity contribution in [2.24, 2.45) is 10.9 Å². The van der Waals surface area contributed by atoms with E-state index in [0.29, 0.717) is 12.0 Å². The van der Waals surface area contributed by atoms with E-state index >= 15 is 0 Å². The van der Waals surface area contributed by atoms with Crippen LogP contribution in [0.2, 0.25) is 0 Å². The van der Waals surface area contributed by atoms with Crippen LogP contribution >= 0.6 is 0 Å². The van der Waals surface area contributed by atoms with Crippen molar-refractivity contribution in [1.82, 2.24) is 25.5 Å². The van der Waals surface area contributed by atoms with E-state index in [0.717, 1.165) is 50.8 Å². The fourth-order valence-corrected chi connectivity index (χ4v) is 3.50. The predicted octanol–water partition coefficient (Wildman–Crippen LogP) is 2.29. The van der Waals surface area contributed by atoms with Gasteiger partial charge in [-0.2, -0.15) is 0 Å². The molecule has 0 aromatic carbocycles. The largest absolute Gasteiger partial charge is 0.356 e. The lowest BCUT2D eigenvalue weighted by atomic mass is 9.99. The molecule has 1 unspecified atom stereocenters. The molecule has 1 aliphatic rings. The first-order valence-corrected chi connectivity index (χ1v) is 11.3. The third-order valence-electron chi connectivity index (χ3n) is 5.64. The fraction of sp³-hybridized carbons (Fsp3) is 0.727. The number of unbranched alkanes of at least 4 members (excludes halogenated alkanes) is 1. The molecule has 1 aliphatic heterocycles. The summed E-state index contributed by atoms with van der Waals surface area (Å²) in [5, 5.41) is 7.05. The van der Waals surface area contributed by atoms with Crippen molar-refractivity contribution in [3.05, 3.63) is 18.5 Å². The number of likely N-dealkylation sites (N-methyl/N-ethyl adjacent to an activating group) is 1. The van der Waals surface area contributed by atoms with E-state index < -0.39 is 0 Å². The highest BCUT2D eigenvalue weighted by Gasteiger charge is 2.22. The van der Waals surface area contributed by atoms with Crippen molar-refractivity contribution in [1.29, 1.82) is 0 Å². The normalized spacial score (nSPS) is 16.3. The van der Waals surface area contributed by atoms with Crippen LogP contribution in [0.1, 0.15) is 52.4 Å². The van der Waals surface area contributed by atoms with Crippen LogP contribution in [-0.2, 0) is 4.79 Å². The van der Waals surface area contributed by atoms with Crippen molar-refractivity contribution in [3.8, 4) is 0 Å². The van der Waals surface area contributed by atoms with Crippen LogP contribution in [0, 0.1) is 5.92 Å². The molecule has 30 heavy (non-hydrogen) atoms. The number of amides is 1. The second-order valence-corrected chi connectivity index (χ2v) is 8.20. The fourth-order valence-electron chi connectivity index (χ4n) is 3.50. The summed E-state index contributed by atoms with van der Waals surface area (Å²) < 4.78 is 0. The van der Waals surface area contributed by atoms with Crippen molar-refractivity contribution >= 4 is 17.8 Å². The van der Waals surface area contributed by atoms with Gasteiger partial charge < -0.3 is 20.4 Å². The SMILES string of the molecule is CCCCC(CC)CNC(=NCC(=O)N(C)C)NC1CCN(c2ncccn2)CC1. The highest BCUT2D eigenvalue weighted by molar-refractivity contribution is 5.85. The van der Waals surface area contributed by atoms with Gasteiger partial charge in [-0.05, 0) is 31.2 Å². The summed E-state index contributed by atoms with van der Waals surface area (Å²) in [6.07, 6.45) is 10.4. The summed E-state index contributed by atoms with van der Waals surface area (Å²) in [6.45, 7) is 7.32. The summed E-state index contributed by atoms with van der Waals surface area (Å²) >= 11 is 0. The first-order valence-electron chi connectivity index (χ1n) is 11.3. The van der Waals surface area contributed by atoms with Crippen LogP contribution in [-0.4, -0.2) is 73.1 Å². The maximum atomic E-state index is 12.0. The Balaban J connectivity index is 1.91. The highest BCUT2D eigenvalue weighted by atomic mass is 16.2. The number of aromatic nitrogens is 2. The highest BCUT2D eigenvalue weighted by Crippen LogP contribution is 2.15. The molecule has 2 rings (SSSR count). The molecule has 168 valence electrons. The monoisotopic (exact) mass is 417 g/mol. The molecule has 0 bridgehead atoms. The number of hydrogen-bond acceptors (Lipinski definition) is 5. The lowest BCUT2D eigenvalue weighted by Crippen LogP contribution is -2.50. The summed E-state index contributed by atoms with van der Waals surface area (Å²) in [7, 11) is 3.52. The quantitative estimate of drug-likeness (QED) is 0.449. The van der Waals surface area contributed by atoms with Gasteiger partial charge in [0, 0.05) is 52.2 Å². The zero-order valence-electron chi connectivity index (χ0n) is 19.1. The van der Waals surface area contributed by atoms with Crippen molar-refractivity contribution in [2.75, 3.05) is 45.2 Å². The zero-order valence-corrected chi connectivity index (χ0v) is 19.1. The lowest BCUT2D eigenvalue weighted by Gasteiger charge is -2.33. The van der Waals surface area contributed by atoms with Crippen LogP contribution in [0.4, 0.5) is 5.95 Å². The molecule has 1 fully saturated rings. The van der Waals surface area contributed by atoms with Crippen LogP contribution < -0.4 is 15.5 Å². The van der Waals surface area contributed by atoms with E-state index in [1.165, 1.54) is 19.3 Å². The molecular weight excluding hydrogens is 378 g/mol. The number of anilines is 1. The first-order chi connectivity index (χ1) is 14.5. The predicted molar refractivity (Wildman–Crippen MR) is 123 cm³/mol. The molecule has 0 saturated carbocycles. The molecule has 8 nitrogen and oxygen atoms in total. The van der Waals surface area contributed by atoms with Crippen molar-refractivity contribution in [3.63, 3.8) is 0 Å². The topological polar surface area (TPSA) is 85.8 Å². The third kappa shape index (κ3) is 8.16. The number of nitrogens with zero attached hydrogens (tertiary/aromatic N) is 5. The molecule has 0 spiro atoms. The number of rotatable bonds is 10. The van der Waals surface area contributed by atoms with Crippen LogP contribution in [0.25, 0.3) is 0 Å². The Morgan fingerprint density at radius 3 is 2.57 bits per heavy atom. The lowest BCUT2D eigenvalue weighted by molar-refractivity contribution is -0.127. The molecule has 1 saturated heterocycles. The molecule has 2 N–H and O–H groups in total. The number of nitrogens with one attached hydrogen (secondary N) is 2. The Morgan fingerprint density at radius 2 is 1.97 bits per heavy atom. The number of piperidine rings is 1. The van der Waals surface area contributed by atoms with Crippen molar-refractivity contribution in [2.45, 2.75) is 58.4 Å². The summed E-state index contributed by atoms with van der Waals surface area (Å²) in [4.78, 5) is 29.1. The first kappa shape index (κ1) is 23.9. The van der Waals surface area contributed by atoms with E-state index in [1.54, 1.807) is 31.4 Å². The van der Waals surface area contributed by atoms with Gasteiger partial charge in [-0.3, -0.25) is 4.79 Å².